The summed E-state index contributed by atoms with van der Waals surface area (Å²) < 4.78 is 0. The SMILES string of the molecule is C/N=C\C=C(/C)CO. The van der Waals surface area contributed by atoms with Crippen molar-refractivity contribution in [2.75, 3.05) is 13.7 Å². The number of aliphatic hydroxyl groups excluding tert-OH is 1. The Hall–Kier alpha value is -0.630. The molecule has 0 aliphatic heterocycles. The van der Waals surface area contributed by atoms with E-state index in [2.05, 4.69) is 4.99 Å². The van der Waals surface area contributed by atoms with Crippen LogP contribution in [0.3, 0.4) is 0 Å². The summed E-state index contributed by atoms with van der Waals surface area (Å²) in [5.41, 5.74) is 0.926. The van der Waals surface area contributed by atoms with E-state index in [0.29, 0.717) is 0 Å². The number of hydrogen-bond acceptors (Lipinski definition) is 2. The van der Waals surface area contributed by atoms with Crippen molar-refractivity contribution in [2.45, 2.75) is 6.92 Å². The highest BCUT2D eigenvalue weighted by Crippen LogP contribution is 1.84. The Morgan fingerprint density at radius 3 is 2.75 bits per heavy atom. The minimum Gasteiger partial charge on any atom is -0.392 e. The van der Waals surface area contributed by atoms with Crippen molar-refractivity contribution in [1.82, 2.24) is 0 Å². The van der Waals surface area contributed by atoms with E-state index in [1.165, 1.54) is 0 Å². The maximum absolute atomic E-state index is 8.43. The standard InChI is InChI=1S/C6H11NO/c1-6(5-8)3-4-7-2/h3-4,8H,5H2,1-2H3/b6-3+,7-4-. The molecule has 2 heteroatoms. The first-order valence-electron chi connectivity index (χ1n) is 2.50. The predicted octanol–water partition coefficient (Wildman–Crippen LogP) is 0.626. The summed E-state index contributed by atoms with van der Waals surface area (Å²) >= 11 is 0. The number of aliphatic imine (C=N–C) groups is 1. The maximum atomic E-state index is 8.43. The van der Waals surface area contributed by atoms with Crippen LogP contribution < -0.4 is 0 Å². The molecular weight excluding hydrogens is 102 g/mol. The lowest BCUT2D eigenvalue weighted by molar-refractivity contribution is 0.331. The second-order valence-corrected chi connectivity index (χ2v) is 1.58. The van der Waals surface area contributed by atoms with Crippen LogP contribution in [0.4, 0.5) is 0 Å². The molecule has 0 aliphatic carbocycles. The van der Waals surface area contributed by atoms with Gasteiger partial charge in [-0.05, 0) is 18.6 Å². The van der Waals surface area contributed by atoms with Crippen molar-refractivity contribution in [3.05, 3.63) is 11.6 Å². The Labute approximate surface area is 49.6 Å². The van der Waals surface area contributed by atoms with Gasteiger partial charge in [0.25, 0.3) is 0 Å². The van der Waals surface area contributed by atoms with Crippen LogP contribution in [0.15, 0.2) is 16.6 Å². The fourth-order valence-corrected chi connectivity index (χ4v) is 0.254. The second kappa shape index (κ2) is 4.53. The van der Waals surface area contributed by atoms with E-state index in [9.17, 15) is 0 Å². The third-order valence-corrected chi connectivity index (χ3v) is 0.758. The van der Waals surface area contributed by atoms with Crippen LogP contribution in [0, 0.1) is 0 Å². The Kier molecular flexibility index (Phi) is 4.17. The average Bonchev–Trinajstić information content (AvgIpc) is 1.83. The molecule has 0 atom stereocenters. The Balaban J connectivity index is 3.57. The van der Waals surface area contributed by atoms with Crippen LogP contribution in [0.25, 0.3) is 0 Å². The van der Waals surface area contributed by atoms with Crippen LogP contribution in [0.1, 0.15) is 6.92 Å². The number of hydrogen-bond donors (Lipinski definition) is 1. The zero-order chi connectivity index (χ0) is 6.41. The molecule has 0 spiro atoms. The summed E-state index contributed by atoms with van der Waals surface area (Å²) in [7, 11) is 1.70. The molecule has 0 amide bonds. The van der Waals surface area contributed by atoms with Crippen LogP contribution in [0.5, 0.6) is 0 Å². The van der Waals surface area contributed by atoms with Gasteiger partial charge in [0.1, 0.15) is 0 Å². The summed E-state index contributed by atoms with van der Waals surface area (Å²) in [6, 6.07) is 0. The van der Waals surface area contributed by atoms with Gasteiger partial charge in [-0.15, -0.1) is 0 Å². The van der Waals surface area contributed by atoms with Crippen LogP contribution in [-0.2, 0) is 0 Å². The molecule has 8 heavy (non-hydrogen) atoms. The molecular formula is C6H11NO. The first-order chi connectivity index (χ1) is 3.81. The van der Waals surface area contributed by atoms with E-state index in [4.69, 9.17) is 5.11 Å². The van der Waals surface area contributed by atoms with Crippen molar-refractivity contribution in [1.29, 1.82) is 0 Å². The highest BCUT2D eigenvalue weighted by Gasteiger charge is 1.77. The van der Waals surface area contributed by atoms with Gasteiger partial charge in [-0.2, -0.15) is 0 Å². The molecule has 0 aromatic rings. The van der Waals surface area contributed by atoms with Crippen LogP contribution >= 0.6 is 0 Å². The molecule has 0 radical (unpaired) electrons. The number of nitrogens with zero attached hydrogens (tertiary/aromatic N) is 1. The third-order valence-electron chi connectivity index (χ3n) is 0.758. The highest BCUT2D eigenvalue weighted by atomic mass is 16.3. The van der Waals surface area contributed by atoms with E-state index in [0.717, 1.165) is 5.57 Å². The largest absolute Gasteiger partial charge is 0.392 e. The van der Waals surface area contributed by atoms with Gasteiger partial charge in [0.2, 0.25) is 0 Å². The topological polar surface area (TPSA) is 32.6 Å². The van der Waals surface area contributed by atoms with Crippen LogP contribution in [0.2, 0.25) is 0 Å². The van der Waals surface area contributed by atoms with Gasteiger partial charge in [-0.1, -0.05) is 0 Å². The lowest BCUT2D eigenvalue weighted by Gasteiger charge is -1.86. The molecule has 0 aromatic carbocycles. The van der Waals surface area contributed by atoms with Gasteiger partial charge in [-0.25, -0.2) is 0 Å². The quantitative estimate of drug-likeness (QED) is 0.523. The molecule has 46 valence electrons. The van der Waals surface area contributed by atoms with Crippen LogP contribution in [-0.4, -0.2) is 25.0 Å². The Morgan fingerprint density at radius 2 is 2.38 bits per heavy atom. The molecule has 0 unspecified atom stereocenters. The van der Waals surface area contributed by atoms with Crippen molar-refractivity contribution in [2.24, 2.45) is 4.99 Å². The predicted molar refractivity (Wildman–Crippen MR) is 35.3 cm³/mol. The number of allylic oxidation sites excluding steroid dienone is 1. The van der Waals surface area contributed by atoms with Crippen molar-refractivity contribution in [3.63, 3.8) is 0 Å². The van der Waals surface area contributed by atoms with E-state index in [1.54, 1.807) is 19.3 Å². The van der Waals surface area contributed by atoms with Gasteiger partial charge in [-0.3, -0.25) is 4.99 Å². The lowest BCUT2D eigenvalue weighted by atomic mass is 10.3. The summed E-state index contributed by atoms with van der Waals surface area (Å²) in [4.78, 5) is 3.71. The van der Waals surface area contributed by atoms with E-state index < -0.39 is 0 Å². The number of rotatable bonds is 2. The van der Waals surface area contributed by atoms with Crippen molar-refractivity contribution in [3.8, 4) is 0 Å². The summed E-state index contributed by atoms with van der Waals surface area (Å²) in [6.45, 7) is 1.97. The summed E-state index contributed by atoms with van der Waals surface area (Å²) in [5.74, 6) is 0. The first-order valence-corrected chi connectivity index (χ1v) is 2.50. The third kappa shape index (κ3) is 3.56. The molecule has 0 heterocycles. The van der Waals surface area contributed by atoms with E-state index in [-0.39, 0.29) is 6.61 Å². The van der Waals surface area contributed by atoms with E-state index >= 15 is 0 Å². The first kappa shape index (κ1) is 7.37. The number of aliphatic hydroxyl groups is 1. The van der Waals surface area contributed by atoms with Gasteiger partial charge in [0.05, 0.1) is 6.61 Å². The van der Waals surface area contributed by atoms with Gasteiger partial charge < -0.3 is 5.11 Å². The monoisotopic (exact) mass is 113 g/mol. The average molecular weight is 113 g/mol. The Bertz CT molecular complexity index is 105. The molecule has 0 bridgehead atoms. The minimum atomic E-state index is 0.117. The van der Waals surface area contributed by atoms with Gasteiger partial charge >= 0.3 is 0 Å². The zero-order valence-corrected chi connectivity index (χ0v) is 5.26. The second-order valence-electron chi connectivity index (χ2n) is 1.58. The molecule has 0 fully saturated rings. The minimum absolute atomic E-state index is 0.117. The summed E-state index contributed by atoms with van der Waals surface area (Å²) in [5, 5.41) is 8.43. The molecule has 0 aromatic heterocycles. The zero-order valence-electron chi connectivity index (χ0n) is 5.26. The highest BCUT2D eigenvalue weighted by molar-refractivity contribution is 5.71. The molecule has 0 saturated heterocycles. The summed E-state index contributed by atoms with van der Waals surface area (Å²) in [6.07, 6.45) is 3.44. The smallest absolute Gasteiger partial charge is 0.0642 e. The lowest BCUT2D eigenvalue weighted by Crippen LogP contribution is -1.82. The van der Waals surface area contributed by atoms with Crippen molar-refractivity contribution < 1.29 is 5.11 Å². The van der Waals surface area contributed by atoms with Gasteiger partial charge in [0, 0.05) is 13.3 Å². The normalized spacial score (nSPS) is 13.1. The molecule has 1 N–H and O–H groups in total. The molecule has 0 aliphatic rings. The van der Waals surface area contributed by atoms with Gasteiger partial charge in [0.15, 0.2) is 0 Å². The Morgan fingerprint density at radius 1 is 1.75 bits per heavy atom. The van der Waals surface area contributed by atoms with Crippen molar-refractivity contribution >= 4 is 6.21 Å². The molecule has 0 saturated carbocycles. The fraction of sp³-hybridized carbons (Fsp3) is 0.500. The maximum Gasteiger partial charge on any atom is 0.0642 e. The molecule has 0 rings (SSSR count). The fourth-order valence-electron chi connectivity index (χ4n) is 0.254. The molecule has 2 nitrogen and oxygen atoms in total. The van der Waals surface area contributed by atoms with E-state index in [1.807, 2.05) is 6.92 Å².